The molecule has 0 spiro atoms. The molecular weight excluding hydrogens is 306 g/mol. The highest BCUT2D eigenvalue weighted by atomic mass is 35.5. The minimum atomic E-state index is -0.00281. The van der Waals surface area contributed by atoms with Crippen LogP contribution in [0.4, 0.5) is 11.5 Å². The van der Waals surface area contributed by atoms with Crippen molar-refractivity contribution in [3.05, 3.63) is 38.7 Å². The molecule has 0 aliphatic carbocycles. The maximum atomic E-state index is 5.87. The summed E-state index contributed by atoms with van der Waals surface area (Å²) in [4.78, 5) is 3.89. The van der Waals surface area contributed by atoms with E-state index in [1.54, 1.807) is 18.2 Å². The molecule has 0 bridgehead atoms. The van der Waals surface area contributed by atoms with Crippen LogP contribution in [0.1, 0.15) is 0 Å². The van der Waals surface area contributed by atoms with Gasteiger partial charge in [-0.25, -0.2) is 0 Å². The number of hydrogen-bond donors (Lipinski definition) is 1. The molecule has 0 aliphatic heterocycles. The summed E-state index contributed by atoms with van der Waals surface area (Å²) in [5.41, 5.74) is 0.665. The number of nitrogens with zero attached hydrogens (tertiary/aromatic N) is 3. The van der Waals surface area contributed by atoms with E-state index in [1.165, 1.54) is 0 Å². The van der Waals surface area contributed by atoms with Crippen LogP contribution in [0, 0.1) is 0 Å². The maximum absolute atomic E-state index is 5.87. The molecular formula is C9H4Cl4N4. The van der Waals surface area contributed by atoms with Gasteiger partial charge in [-0.3, -0.25) is 0 Å². The summed E-state index contributed by atoms with van der Waals surface area (Å²) < 4.78 is 0. The van der Waals surface area contributed by atoms with Gasteiger partial charge >= 0.3 is 0 Å². The molecule has 1 N–H and O–H groups in total. The van der Waals surface area contributed by atoms with Crippen molar-refractivity contribution in [2.75, 3.05) is 5.32 Å². The molecule has 0 unspecified atom stereocenters. The van der Waals surface area contributed by atoms with Gasteiger partial charge < -0.3 is 5.32 Å². The van der Waals surface area contributed by atoms with Crippen molar-refractivity contribution in [2.24, 2.45) is 0 Å². The maximum Gasteiger partial charge on any atom is 0.245 e. The molecule has 1 heterocycles. The Morgan fingerprint density at radius 1 is 0.941 bits per heavy atom. The van der Waals surface area contributed by atoms with Gasteiger partial charge in [0.25, 0.3) is 0 Å². The van der Waals surface area contributed by atoms with Crippen molar-refractivity contribution in [3.63, 3.8) is 0 Å². The second-order valence-corrected chi connectivity index (χ2v) is 4.48. The van der Waals surface area contributed by atoms with E-state index in [4.69, 9.17) is 46.4 Å². The predicted molar refractivity (Wildman–Crippen MR) is 69.6 cm³/mol. The molecule has 0 radical (unpaired) electrons. The Kier molecular flexibility index (Phi) is 3.89. The summed E-state index contributed by atoms with van der Waals surface area (Å²) in [5, 5.41) is 11.0. The average molecular weight is 310 g/mol. The molecule has 0 amide bonds. The lowest BCUT2D eigenvalue weighted by Crippen LogP contribution is -1.98. The van der Waals surface area contributed by atoms with Gasteiger partial charge in [-0.1, -0.05) is 34.8 Å². The monoisotopic (exact) mass is 308 g/mol. The molecule has 1 aromatic heterocycles. The van der Waals surface area contributed by atoms with E-state index in [0.29, 0.717) is 21.6 Å². The summed E-state index contributed by atoms with van der Waals surface area (Å²) in [6, 6.07) is 5.01. The van der Waals surface area contributed by atoms with Crippen LogP contribution in [-0.4, -0.2) is 15.2 Å². The van der Waals surface area contributed by atoms with Gasteiger partial charge in [0, 0.05) is 5.69 Å². The molecule has 0 fully saturated rings. The fourth-order valence-corrected chi connectivity index (χ4v) is 1.63. The zero-order chi connectivity index (χ0) is 12.4. The molecule has 0 atom stereocenters. The molecule has 4 nitrogen and oxygen atoms in total. The van der Waals surface area contributed by atoms with E-state index in [1.807, 2.05) is 0 Å². The molecule has 88 valence electrons. The lowest BCUT2D eigenvalue weighted by Gasteiger charge is -2.07. The summed E-state index contributed by atoms with van der Waals surface area (Å²) in [5.74, 6) is 0.296. The minimum absolute atomic E-state index is 0.00281. The highest BCUT2D eigenvalue weighted by Crippen LogP contribution is 2.28. The second-order valence-electron chi connectivity index (χ2n) is 2.97. The van der Waals surface area contributed by atoms with Crippen LogP contribution in [0.15, 0.2) is 18.2 Å². The van der Waals surface area contributed by atoms with E-state index >= 15 is 0 Å². The predicted octanol–water partition coefficient (Wildman–Crippen LogP) is 4.23. The van der Waals surface area contributed by atoms with E-state index in [2.05, 4.69) is 20.5 Å². The molecule has 0 saturated heterocycles. The van der Waals surface area contributed by atoms with Crippen LogP contribution in [0.2, 0.25) is 20.5 Å². The lowest BCUT2D eigenvalue weighted by molar-refractivity contribution is 0.975. The lowest BCUT2D eigenvalue weighted by atomic mass is 10.3. The molecule has 2 aromatic rings. The van der Waals surface area contributed by atoms with Crippen molar-refractivity contribution in [1.29, 1.82) is 0 Å². The number of anilines is 2. The molecule has 0 saturated carbocycles. The van der Waals surface area contributed by atoms with Crippen LogP contribution in [-0.2, 0) is 0 Å². The van der Waals surface area contributed by atoms with Crippen molar-refractivity contribution < 1.29 is 0 Å². The number of nitrogens with one attached hydrogen (secondary N) is 1. The standard InChI is InChI=1S/C9H4Cl4N4/c10-5-2-1-4(3-6(5)11)14-8-7(12)16-17-9(13)15-8/h1-3H,(H,14,15,17). The Hall–Kier alpha value is -0.810. The van der Waals surface area contributed by atoms with E-state index in [0.717, 1.165) is 0 Å². The molecule has 0 aliphatic rings. The van der Waals surface area contributed by atoms with Crippen molar-refractivity contribution in [2.45, 2.75) is 0 Å². The zero-order valence-electron chi connectivity index (χ0n) is 8.09. The molecule has 8 heteroatoms. The SMILES string of the molecule is Clc1nnc(Cl)c(Nc2ccc(Cl)c(Cl)c2)n1. The first-order chi connectivity index (χ1) is 8.06. The molecule has 2 rings (SSSR count). The number of halogens is 4. The van der Waals surface area contributed by atoms with Crippen LogP contribution < -0.4 is 5.32 Å². The van der Waals surface area contributed by atoms with E-state index in [9.17, 15) is 0 Å². The van der Waals surface area contributed by atoms with Gasteiger partial charge in [-0.15, -0.1) is 10.2 Å². The fraction of sp³-hybridized carbons (Fsp3) is 0. The first-order valence-electron chi connectivity index (χ1n) is 4.34. The smallest absolute Gasteiger partial charge is 0.245 e. The van der Waals surface area contributed by atoms with E-state index < -0.39 is 0 Å². The first-order valence-corrected chi connectivity index (χ1v) is 5.85. The Labute approximate surface area is 117 Å². The van der Waals surface area contributed by atoms with E-state index in [-0.39, 0.29) is 10.4 Å². The topological polar surface area (TPSA) is 50.7 Å². The number of benzene rings is 1. The number of hydrogen-bond acceptors (Lipinski definition) is 4. The largest absolute Gasteiger partial charge is 0.337 e. The molecule has 1 aromatic carbocycles. The Morgan fingerprint density at radius 3 is 2.41 bits per heavy atom. The Bertz CT molecular complexity index is 561. The van der Waals surface area contributed by atoms with Crippen LogP contribution in [0.3, 0.4) is 0 Å². The van der Waals surface area contributed by atoms with Crippen LogP contribution >= 0.6 is 46.4 Å². The number of aromatic nitrogens is 3. The van der Waals surface area contributed by atoms with Gasteiger partial charge in [-0.2, -0.15) is 4.98 Å². The minimum Gasteiger partial charge on any atom is -0.337 e. The third-order valence-corrected chi connectivity index (χ3v) is 2.96. The summed E-state index contributed by atoms with van der Waals surface area (Å²) in [6.07, 6.45) is 0. The first kappa shape index (κ1) is 12.6. The normalized spacial score (nSPS) is 10.4. The van der Waals surface area contributed by atoms with Crippen LogP contribution in [0.25, 0.3) is 0 Å². The van der Waals surface area contributed by atoms with Crippen molar-refractivity contribution in [3.8, 4) is 0 Å². The number of rotatable bonds is 2. The van der Waals surface area contributed by atoms with Gasteiger partial charge in [0.05, 0.1) is 10.0 Å². The summed E-state index contributed by atoms with van der Waals surface area (Å²) in [7, 11) is 0. The Morgan fingerprint density at radius 2 is 1.71 bits per heavy atom. The van der Waals surface area contributed by atoms with Crippen molar-refractivity contribution in [1.82, 2.24) is 15.2 Å². The summed E-state index contributed by atoms with van der Waals surface area (Å²) >= 11 is 23.1. The summed E-state index contributed by atoms with van der Waals surface area (Å²) in [6.45, 7) is 0. The molecule has 17 heavy (non-hydrogen) atoms. The van der Waals surface area contributed by atoms with Crippen LogP contribution in [0.5, 0.6) is 0 Å². The van der Waals surface area contributed by atoms with Gasteiger partial charge in [0.15, 0.2) is 11.0 Å². The van der Waals surface area contributed by atoms with Gasteiger partial charge in [0.1, 0.15) is 0 Å². The van der Waals surface area contributed by atoms with Gasteiger partial charge in [0.2, 0.25) is 5.28 Å². The third-order valence-electron chi connectivity index (χ3n) is 1.80. The second kappa shape index (κ2) is 5.23. The quantitative estimate of drug-likeness (QED) is 0.902. The fourth-order valence-electron chi connectivity index (χ4n) is 1.08. The Balaban J connectivity index is 2.31. The average Bonchev–Trinajstić information content (AvgIpc) is 2.29. The highest BCUT2D eigenvalue weighted by Gasteiger charge is 2.07. The third kappa shape index (κ3) is 3.10. The van der Waals surface area contributed by atoms with Crippen molar-refractivity contribution >= 4 is 57.9 Å². The highest BCUT2D eigenvalue weighted by molar-refractivity contribution is 6.42. The zero-order valence-corrected chi connectivity index (χ0v) is 11.1. The van der Waals surface area contributed by atoms with Gasteiger partial charge in [-0.05, 0) is 29.8 Å².